The van der Waals surface area contributed by atoms with Crippen LogP contribution >= 0.6 is 11.6 Å². The Morgan fingerprint density at radius 2 is 2.00 bits per heavy atom. The smallest absolute Gasteiger partial charge is 0.261 e. The van der Waals surface area contributed by atoms with E-state index in [1.54, 1.807) is 12.1 Å². The zero-order valence-corrected chi connectivity index (χ0v) is 11.8. The second kappa shape index (κ2) is 7.27. The Morgan fingerprint density at radius 1 is 1.33 bits per heavy atom. The lowest BCUT2D eigenvalue weighted by atomic mass is 10.2. The molecule has 1 N–H and O–H groups in total. The maximum absolute atomic E-state index is 12.0. The van der Waals surface area contributed by atoms with Gasteiger partial charge in [0.1, 0.15) is 5.75 Å². The predicted octanol–water partition coefficient (Wildman–Crippen LogP) is 3.41. The van der Waals surface area contributed by atoms with Crippen LogP contribution in [-0.4, -0.2) is 18.1 Å². The van der Waals surface area contributed by atoms with Gasteiger partial charge in [0, 0.05) is 6.04 Å². The van der Waals surface area contributed by atoms with Gasteiger partial charge in [-0.05, 0) is 31.9 Å². The number of rotatable bonds is 6. The van der Waals surface area contributed by atoms with Gasteiger partial charge in [0.2, 0.25) is 0 Å². The highest BCUT2D eigenvalue weighted by atomic mass is 35.5. The molecule has 0 heterocycles. The molecule has 3 nitrogen and oxygen atoms in total. The Hall–Kier alpha value is -1.22. The Bertz CT molecular complexity index is 395. The molecule has 1 aromatic rings. The fourth-order valence-corrected chi connectivity index (χ4v) is 1.63. The van der Waals surface area contributed by atoms with Crippen molar-refractivity contribution in [3.05, 3.63) is 29.3 Å². The van der Waals surface area contributed by atoms with Gasteiger partial charge in [-0.25, -0.2) is 0 Å². The summed E-state index contributed by atoms with van der Waals surface area (Å²) in [7, 11) is 0. The fourth-order valence-electron chi connectivity index (χ4n) is 1.45. The van der Waals surface area contributed by atoms with Gasteiger partial charge in [-0.3, -0.25) is 4.79 Å². The predicted molar refractivity (Wildman–Crippen MR) is 74.1 cm³/mol. The molecule has 0 aromatic heterocycles. The Labute approximate surface area is 113 Å². The molecule has 0 spiro atoms. The van der Waals surface area contributed by atoms with Crippen LogP contribution in [-0.2, 0) is 4.79 Å². The van der Waals surface area contributed by atoms with E-state index in [0.717, 1.165) is 6.42 Å². The van der Waals surface area contributed by atoms with E-state index < -0.39 is 6.10 Å². The van der Waals surface area contributed by atoms with E-state index >= 15 is 0 Å². The molecule has 0 aliphatic rings. The minimum atomic E-state index is -0.501. The average molecular weight is 270 g/mol. The van der Waals surface area contributed by atoms with Gasteiger partial charge in [0.25, 0.3) is 5.91 Å². The summed E-state index contributed by atoms with van der Waals surface area (Å²) >= 11 is 6.01. The van der Waals surface area contributed by atoms with Crippen molar-refractivity contribution in [3.8, 4) is 5.75 Å². The SMILES string of the molecule is CC[C@@H](C)NC(=O)[C@H](CC)Oc1ccccc1Cl. The van der Waals surface area contributed by atoms with Crippen LogP contribution in [0.2, 0.25) is 5.02 Å². The Kier molecular flexibility index (Phi) is 5.99. The van der Waals surface area contributed by atoms with E-state index in [0.29, 0.717) is 17.2 Å². The summed E-state index contributed by atoms with van der Waals surface area (Å²) in [6, 6.07) is 7.33. The zero-order valence-electron chi connectivity index (χ0n) is 11.1. The summed E-state index contributed by atoms with van der Waals surface area (Å²) in [6.45, 7) is 5.92. The monoisotopic (exact) mass is 269 g/mol. The second-order valence-electron chi connectivity index (χ2n) is 4.26. The fraction of sp³-hybridized carbons (Fsp3) is 0.500. The lowest BCUT2D eigenvalue weighted by Gasteiger charge is -2.20. The van der Waals surface area contributed by atoms with Crippen LogP contribution in [0.3, 0.4) is 0 Å². The Morgan fingerprint density at radius 3 is 2.56 bits per heavy atom. The summed E-state index contributed by atoms with van der Waals surface area (Å²) in [5.74, 6) is 0.456. The van der Waals surface area contributed by atoms with Crippen molar-refractivity contribution in [3.63, 3.8) is 0 Å². The van der Waals surface area contributed by atoms with Crippen molar-refractivity contribution in [1.29, 1.82) is 0 Å². The van der Waals surface area contributed by atoms with Crippen molar-refractivity contribution in [2.75, 3.05) is 0 Å². The normalized spacial score (nSPS) is 13.8. The summed E-state index contributed by atoms with van der Waals surface area (Å²) in [5, 5.41) is 3.43. The standard InChI is InChI=1S/C14H20ClNO2/c1-4-10(3)16-14(17)12(5-2)18-13-9-7-6-8-11(13)15/h6-10,12H,4-5H2,1-3H3,(H,16,17)/t10-,12+/m1/s1. The molecule has 2 atom stereocenters. The lowest BCUT2D eigenvalue weighted by Crippen LogP contribution is -2.42. The van der Waals surface area contributed by atoms with E-state index in [2.05, 4.69) is 5.32 Å². The number of nitrogens with one attached hydrogen (secondary N) is 1. The lowest BCUT2D eigenvalue weighted by molar-refractivity contribution is -0.128. The van der Waals surface area contributed by atoms with Gasteiger partial charge in [-0.15, -0.1) is 0 Å². The molecular weight excluding hydrogens is 250 g/mol. The van der Waals surface area contributed by atoms with Crippen LogP contribution < -0.4 is 10.1 Å². The maximum atomic E-state index is 12.0. The number of amides is 1. The summed E-state index contributed by atoms with van der Waals surface area (Å²) in [6.07, 6.45) is 1.00. The van der Waals surface area contributed by atoms with Gasteiger partial charge >= 0.3 is 0 Å². The zero-order chi connectivity index (χ0) is 13.5. The molecular formula is C14H20ClNO2. The molecule has 1 amide bonds. The van der Waals surface area contributed by atoms with Gasteiger partial charge in [-0.1, -0.05) is 37.6 Å². The number of hydrogen-bond acceptors (Lipinski definition) is 2. The van der Waals surface area contributed by atoms with Crippen molar-refractivity contribution >= 4 is 17.5 Å². The molecule has 0 bridgehead atoms. The first kappa shape index (κ1) is 14.8. The highest BCUT2D eigenvalue weighted by Gasteiger charge is 2.20. The van der Waals surface area contributed by atoms with Crippen LogP contribution in [0.4, 0.5) is 0 Å². The Balaban J connectivity index is 2.67. The largest absolute Gasteiger partial charge is 0.479 e. The third kappa shape index (κ3) is 4.22. The quantitative estimate of drug-likeness (QED) is 0.859. The molecule has 0 radical (unpaired) electrons. The third-order valence-corrected chi connectivity index (χ3v) is 3.08. The maximum Gasteiger partial charge on any atom is 0.261 e. The highest BCUT2D eigenvalue weighted by Crippen LogP contribution is 2.24. The number of carbonyl (C=O) groups is 1. The molecule has 0 fully saturated rings. The van der Waals surface area contributed by atoms with Gasteiger partial charge in [0.15, 0.2) is 6.10 Å². The van der Waals surface area contributed by atoms with Crippen LogP contribution in [0.15, 0.2) is 24.3 Å². The van der Waals surface area contributed by atoms with E-state index in [-0.39, 0.29) is 11.9 Å². The first-order valence-corrected chi connectivity index (χ1v) is 6.67. The molecule has 18 heavy (non-hydrogen) atoms. The van der Waals surface area contributed by atoms with Crippen LogP contribution in [0.1, 0.15) is 33.6 Å². The highest BCUT2D eigenvalue weighted by molar-refractivity contribution is 6.32. The first-order chi connectivity index (χ1) is 8.58. The number of halogens is 1. The topological polar surface area (TPSA) is 38.3 Å². The molecule has 0 aliphatic heterocycles. The van der Waals surface area contributed by atoms with Gasteiger partial charge in [0.05, 0.1) is 5.02 Å². The van der Waals surface area contributed by atoms with Gasteiger partial charge in [-0.2, -0.15) is 0 Å². The minimum absolute atomic E-state index is 0.0910. The summed E-state index contributed by atoms with van der Waals surface area (Å²) < 4.78 is 5.66. The van der Waals surface area contributed by atoms with Crippen LogP contribution in [0, 0.1) is 0 Å². The van der Waals surface area contributed by atoms with Crippen molar-refractivity contribution in [2.45, 2.75) is 45.8 Å². The van der Waals surface area contributed by atoms with E-state index in [4.69, 9.17) is 16.3 Å². The molecule has 0 unspecified atom stereocenters. The minimum Gasteiger partial charge on any atom is -0.479 e. The summed E-state index contributed by atoms with van der Waals surface area (Å²) in [4.78, 5) is 12.0. The molecule has 4 heteroatoms. The molecule has 0 aliphatic carbocycles. The number of hydrogen-bond donors (Lipinski definition) is 1. The average Bonchev–Trinajstić information content (AvgIpc) is 2.37. The van der Waals surface area contributed by atoms with E-state index in [9.17, 15) is 4.79 Å². The first-order valence-electron chi connectivity index (χ1n) is 6.30. The van der Waals surface area contributed by atoms with E-state index in [1.165, 1.54) is 0 Å². The number of para-hydroxylation sites is 1. The van der Waals surface area contributed by atoms with Crippen molar-refractivity contribution in [2.24, 2.45) is 0 Å². The molecule has 1 aromatic carbocycles. The van der Waals surface area contributed by atoms with Crippen LogP contribution in [0.5, 0.6) is 5.75 Å². The second-order valence-corrected chi connectivity index (χ2v) is 4.67. The van der Waals surface area contributed by atoms with Gasteiger partial charge < -0.3 is 10.1 Å². The molecule has 0 saturated carbocycles. The molecule has 0 saturated heterocycles. The third-order valence-electron chi connectivity index (χ3n) is 2.77. The summed E-state index contributed by atoms with van der Waals surface area (Å²) in [5.41, 5.74) is 0. The molecule has 100 valence electrons. The number of carbonyl (C=O) groups excluding carboxylic acids is 1. The number of ether oxygens (including phenoxy) is 1. The van der Waals surface area contributed by atoms with Crippen molar-refractivity contribution < 1.29 is 9.53 Å². The molecule has 1 rings (SSSR count). The van der Waals surface area contributed by atoms with E-state index in [1.807, 2.05) is 32.9 Å². The van der Waals surface area contributed by atoms with Crippen LogP contribution in [0.25, 0.3) is 0 Å². The van der Waals surface area contributed by atoms with Crippen molar-refractivity contribution in [1.82, 2.24) is 5.32 Å². The number of benzene rings is 1.